The van der Waals surface area contributed by atoms with E-state index < -0.39 is 18.0 Å². The average molecular weight is 226 g/mol. The second kappa shape index (κ2) is 5.21. The zero-order valence-corrected chi connectivity index (χ0v) is 9.10. The van der Waals surface area contributed by atoms with E-state index in [1.807, 2.05) is 0 Å². The van der Waals surface area contributed by atoms with Crippen LogP contribution >= 0.6 is 0 Å². The van der Waals surface area contributed by atoms with Crippen molar-refractivity contribution in [2.75, 3.05) is 7.05 Å². The van der Waals surface area contributed by atoms with Crippen LogP contribution in [0.1, 0.15) is 18.8 Å². The van der Waals surface area contributed by atoms with Crippen molar-refractivity contribution in [3.8, 4) is 0 Å². The highest BCUT2D eigenvalue weighted by Crippen LogP contribution is 2.03. The SMILES string of the molecule is CNC(=O)NC(=O)C(C)n1cnc(CN)n1. The third-order valence-corrected chi connectivity index (χ3v) is 1.98. The number of carbonyl (C=O) groups is 2. The van der Waals surface area contributed by atoms with Crippen LogP contribution in [0.5, 0.6) is 0 Å². The molecule has 88 valence electrons. The Kier molecular flexibility index (Phi) is 3.95. The Labute approximate surface area is 92.2 Å². The van der Waals surface area contributed by atoms with Gasteiger partial charge in [-0.15, -0.1) is 0 Å². The van der Waals surface area contributed by atoms with Crippen LogP contribution < -0.4 is 16.4 Å². The number of amides is 3. The van der Waals surface area contributed by atoms with Crippen molar-refractivity contribution in [1.82, 2.24) is 25.4 Å². The molecule has 0 aliphatic carbocycles. The molecule has 0 spiro atoms. The quantitative estimate of drug-likeness (QED) is 0.596. The number of hydrogen-bond donors (Lipinski definition) is 3. The number of rotatable bonds is 3. The monoisotopic (exact) mass is 226 g/mol. The molecule has 1 heterocycles. The van der Waals surface area contributed by atoms with Gasteiger partial charge in [0, 0.05) is 7.05 Å². The molecule has 16 heavy (non-hydrogen) atoms. The summed E-state index contributed by atoms with van der Waals surface area (Å²) in [5.41, 5.74) is 5.34. The molecule has 4 N–H and O–H groups in total. The molecule has 0 bridgehead atoms. The summed E-state index contributed by atoms with van der Waals surface area (Å²) in [6.07, 6.45) is 1.40. The summed E-state index contributed by atoms with van der Waals surface area (Å²) in [5, 5.41) is 8.40. The van der Waals surface area contributed by atoms with Gasteiger partial charge in [-0.2, -0.15) is 5.10 Å². The first-order valence-electron chi connectivity index (χ1n) is 4.71. The number of nitrogens with zero attached hydrogens (tertiary/aromatic N) is 3. The first-order chi connectivity index (χ1) is 7.58. The second-order valence-electron chi connectivity index (χ2n) is 3.09. The standard InChI is InChI=1S/C8H14N6O2/c1-5(7(15)12-8(16)10-2)14-4-11-6(3-9)13-14/h4-5H,3,9H2,1-2H3,(H2,10,12,15,16). The second-order valence-corrected chi connectivity index (χ2v) is 3.09. The van der Waals surface area contributed by atoms with Gasteiger partial charge >= 0.3 is 6.03 Å². The highest BCUT2D eigenvalue weighted by atomic mass is 16.2. The van der Waals surface area contributed by atoms with E-state index in [2.05, 4.69) is 20.7 Å². The molecular weight excluding hydrogens is 212 g/mol. The van der Waals surface area contributed by atoms with Gasteiger partial charge in [-0.3, -0.25) is 10.1 Å². The van der Waals surface area contributed by atoms with Crippen LogP contribution in [0.15, 0.2) is 6.33 Å². The highest BCUT2D eigenvalue weighted by Gasteiger charge is 2.18. The van der Waals surface area contributed by atoms with Gasteiger partial charge in [0.2, 0.25) is 0 Å². The van der Waals surface area contributed by atoms with Crippen LogP contribution in [-0.4, -0.2) is 33.8 Å². The lowest BCUT2D eigenvalue weighted by Crippen LogP contribution is -2.41. The average Bonchev–Trinajstić information content (AvgIpc) is 2.76. The lowest BCUT2D eigenvalue weighted by molar-refractivity contribution is -0.123. The molecular formula is C8H14N6O2. The lowest BCUT2D eigenvalue weighted by atomic mass is 10.3. The fourth-order valence-electron chi connectivity index (χ4n) is 0.990. The van der Waals surface area contributed by atoms with E-state index in [1.165, 1.54) is 18.1 Å². The molecule has 8 nitrogen and oxygen atoms in total. The Balaban J connectivity index is 2.66. The molecule has 8 heteroatoms. The van der Waals surface area contributed by atoms with Gasteiger partial charge in [-0.05, 0) is 6.92 Å². The van der Waals surface area contributed by atoms with Gasteiger partial charge in [-0.25, -0.2) is 14.5 Å². The van der Waals surface area contributed by atoms with Crippen LogP contribution in [0.2, 0.25) is 0 Å². The zero-order chi connectivity index (χ0) is 12.1. The molecule has 1 unspecified atom stereocenters. The Morgan fingerprint density at radius 3 is 2.81 bits per heavy atom. The predicted octanol–water partition coefficient (Wildman–Crippen LogP) is -1.25. The summed E-state index contributed by atoms with van der Waals surface area (Å²) in [6, 6.07) is -1.18. The number of aromatic nitrogens is 3. The molecule has 0 aliphatic heterocycles. The molecule has 0 radical (unpaired) electrons. The smallest absolute Gasteiger partial charge is 0.321 e. The van der Waals surface area contributed by atoms with Crippen LogP contribution in [0.4, 0.5) is 4.79 Å². The first-order valence-corrected chi connectivity index (χ1v) is 4.71. The van der Waals surface area contributed by atoms with Gasteiger partial charge < -0.3 is 11.1 Å². The summed E-state index contributed by atoms with van der Waals surface area (Å²) in [6.45, 7) is 1.81. The van der Waals surface area contributed by atoms with E-state index in [0.29, 0.717) is 5.82 Å². The molecule has 0 saturated carbocycles. The van der Waals surface area contributed by atoms with Gasteiger partial charge in [0.1, 0.15) is 12.4 Å². The largest absolute Gasteiger partial charge is 0.341 e. The topological polar surface area (TPSA) is 115 Å². The fraction of sp³-hybridized carbons (Fsp3) is 0.500. The summed E-state index contributed by atoms with van der Waals surface area (Å²) < 4.78 is 1.35. The molecule has 1 rings (SSSR count). The molecule has 3 amide bonds. The molecule has 0 fully saturated rings. The van der Waals surface area contributed by atoms with Crippen molar-refractivity contribution >= 4 is 11.9 Å². The van der Waals surface area contributed by atoms with Crippen molar-refractivity contribution < 1.29 is 9.59 Å². The van der Waals surface area contributed by atoms with Crippen LogP contribution in [0, 0.1) is 0 Å². The third kappa shape index (κ3) is 2.76. The van der Waals surface area contributed by atoms with Crippen LogP contribution in [0.25, 0.3) is 0 Å². The molecule has 0 aliphatic rings. The van der Waals surface area contributed by atoms with Crippen molar-refractivity contribution in [2.24, 2.45) is 5.73 Å². The summed E-state index contributed by atoms with van der Waals surface area (Å²) in [7, 11) is 1.43. The van der Waals surface area contributed by atoms with E-state index in [1.54, 1.807) is 6.92 Å². The van der Waals surface area contributed by atoms with E-state index in [9.17, 15) is 9.59 Å². The Morgan fingerprint density at radius 1 is 1.62 bits per heavy atom. The number of urea groups is 1. The minimum atomic E-state index is -0.620. The van der Waals surface area contributed by atoms with Gasteiger partial charge in [0.15, 0.2) is 5.82 Å². The molecule has 1 atom stereocenters. The number of carbonyl (C=O) groups excluding carboxylic acids is 2. The van der Waals surface area contributed by atoms with Gasteiger partial charge in [0.05, 0.1) is 6.54 Å². The predicted molar refractivity (Wildman–Crippen MR) is 55.2 cm³/mol. The van der Waals surface area contributed by atoms with Gasteiger partial charge in [-0.1, -0.05) is 0 Å². The number of hydrogen-bond acceptors (Lipinski definition) is 5. The van der Waals surface area contributed by atoms with Crippen molar-refractivity contribution in [1.29, 1.82) is 0 Å². The van der Waals surface area contributed by atoms with Crippen LogP contribution in [-0.2, 0) is 11.3 Å². The van der Waals surface area contributed by atoms with Crippen molar-refractivity contribution in [2.45, 2.75) is 19.5 Å². The summed E-state index contributed by atoms with van der Waals surface area (Å²) in [4.78, 5) is 26.3. The number of imide groups is 1. The minimum Gasteiger partial charge on any atom is -0.341 e. The lowest BCUT2D eigenvalue weighted by Gasteiger charge is -2.10. The number of nitrogens with two attached hydrogens (primary N) is 1. The van der Waals surface area contributed by atoms with E-state index in [4.69, 9.17) is 5.73 Å². The van der Waals surface area contributed by atoms with E-state index in [0.717, 1.165) is 0 Å². The molecule has 1 aromatic heterocycles. The maximum absolute atomic E-state index is 11.5. The summed E-state index contributed by atoms with van der Waals surface area (Å²) >= 11 is 0. The van der Waals surface area contributed by atoms with Gasteiger partial charge in [0.25, 0.3) is 5.91 Å². The minimum absolute atomic E-state index is 0.205. The molecule has 0 aromatic carbocycles. The fourth-order valence-corrected chi connectivity index (χ4v) is 0.990. The van der Waals surface area contributed by atoms with E-state index in [-0.39, 0.29) is 6.54 Å². The molecule has 0 saturated heterocycles. The summed E-state index contributed by atoms with van der Waals surface area (Å²) in [5.74, 6) is -0.0209. The van der Waals surface area contributed by atoms with Crippen LogP contribution in [0.3, 0.4) is 0 Å². The zero-order valence-electron chi connectivity index (χ0n) is 9.10. The molecule has 1 aromatic rings. The maximum atomic E-state index is 11.5. The normalized spacial score (nSPS) is 11.9. The Hall–Kier alpha value is -1.96. The number of nitrogens with one attached hydrogen (secondary N) is 2. The Morgan fingerprint density at radius 2 is 2.31 bits per heavy atom. The first kappa shape index (κ1) is 12.1. The van der Waals surface area contributed by atoms with E-state index >= 15 is 0 Å². The maximum Gasteiger partial charge on any atom is 0.321 e. The van der Waals surface area contributed by atoms with Crippen molar-refractivity contribution in [3.63, 3.8) is 0 Å². The highest BCUT2D eigenvalue weighted by molar-refractivity contribution is 5.95. The Bertz CT molecular complexity index is 388. The van der Waals surface area contributed by atoms with Crippen molar-refractivity contribution in [3.05, 3.63) is 12.2 Å². The third-order valence-electron chi connectivity index (χ3n) is 1.98.